The number of methoxy groups -OCH3 is 2. The number of rotatable bonds is 8. The normalized spacial score (nSPS) is 12.3. The van der Waals surface area contributed by atoms with Crippen LogP contribution in [-0.4, -0.2) is 33.4 Å². The maximum atomic E-state index is 5.57. The molecule has 0 fully saturated rings. The number of nitrogens with two attached hydrogens (primary N) is 1. The summed E-state index contributed by atoms with van der Waals surface area (Å²) < 4.78 is 11.7. The van der Waals surface area contributed by atoms with Crippen LogP contribution in [0.5, 0.6) is 5.75 Å². The van der Waals surface area contributed by atoms with Crippen LogP contribution >= 0.6 is 15.9 Å². The topological polar surface area (TPSA) is 56.5 Å². The van der Waals surface area contributed by atoms with Crippen molar-refractivity contribution in [2.45, 2.75) is 25.8 Å². The number of hydrogen-bond acceptors (Lipinski definition) is 4. The van der Waals surface area contributed by atoms with Crippen LogP contribution in [0.15, 0.2) is 16.6 Å². The van der Waals surface area contributed by atoms with Crippen molar-refractivity contribution < 1.29 is 9.47 Å². The minimum Gasteiger partial charge on any atom is -0.495 e. The van der Waals surface area contributed by atoms with Crippen LogP contribution in [0.2, 0.25) is 0 Å². The van der Waals surface area contributed by atoms with E-state index in [0.717, 1.165) is 34.3 Å². The first-order chi connectivity index (χ1) is 9.12. The lowest BCUT2D eigenvalue weighted by molar-refractivity contribution is 0.182. The average molecular weight is 331 g/mol. The predicted molar refractivity (Wildman–Crippen MR) is 83.0 cm³/mol. The summed E-state index contributed by atoms with van der Waals surface area (Å²) >= 11 is 3.48. The Labute approximate surface area is 123 Å². The summed E-state index contributed by atoms with van der Waals surface area (Å²) in [7, 11) is 3.39. The van der Waals surface area contributed by atoms with Crippen LogP contribution < -0.4 is 15.8 Å². The van der Waals surface area contributed by atoms with Gasteiger partial charge in [0, 0.05) is 17.6 Å². The molecule has 1 rings (SSSR count). The van der Waals surface area contributed by atoms with E-state index in [1.165, 1.54) is 0 Å². The fraction of sp³-hybridized carbons (Fsp3) is 0.571. The van der Waals surface area contributed by atoms with Gasteiger partial charge in [-0.1, -0.05) is 15.9 Å². The van der Waals surface area contributed by atoms with Crippen LogP contribution in [0.1, 0.15) is 18.4 Å². The maximum Gasteiger partial charge on any atom is 0.143 e. The third-order valence-electron chi connectivity index (χ3n) is 2.96. The zero-order chi connectivity index (χ0) is 14.3. The van der Waals surface area contributed by atoms with Gasteiger partial charge in [0.25, 0.3) is 0 Å². The zero-order valence-electron chi connectivity index (χ0n) is 11.8. The quantitative estimate of drug-likeness (QED) is 0.769. The maximum absolute atomic E-state index is 5.57. The van der Waals surface area contributed by atoms with Crippen molar-refractivity contribution in [3.05, 3.63) is 22.2 Å². The molecule has 1 atom stereocenters. The Bertz CT molecular complexity index is 399. The van der Waals surface area contributed by atoms with E-state index in [4.69, 9.17) is 15.2 Å². The van der Waals surface area contributed by atoms with Gasteiger partial charge in [-0.15, -0.1) is 0 Å². The molecule has 3 N–H and O–H groups in total. The second-order valence-electron chi connectivity index (χ2n) is 4.53. The molecule has 0 radical (unpaired) electrons. The summed E-state index contributed by atoms with van der Waals surface area (Å²) in [6, 6.07) is 4.27. The fourth-order valence-electron chi connectivity index (χ4n) is 2.03. The molecule has 19 heavy (non-hydrogen) atoms. The van der Waals surface area contributed by atoms with E-state index in [9.17, 15) is 0 Å². The average Bonchev–Trinajstić information content (AvgIpc) is 2.38. The molecule has 0 aromatic heterocycles. The molecule has 0 aliphatic rings. The van der Waals surface area contributed by atoms with E-state index < -0.39 is 0 Å². The molecule has 1 aromatic rings. The van der Waals surface area contributed by atoms with Gasteiger partial charge in [-0.05, 0) is 44.0 Å². The number of nitrogens with one attached hydrogen (secondary N) is 1. The fourth-order valence-corrected chi connectivity index (χ4v) is 2.58. The van der Waals surface area contributed by atoms with E-state index in [0.29, 0.717) is 13.2 Å². The van der Waals surface area contributed by atoms with Crippen LogP contribution in [0.25, 0.3) is 0 Å². The lowest BCUT2D eigenvalue weighted by Gasteiger charge is -2.22. The van der Waals surface area contributed by atoms with Crippen LogP contribution in [0, 0.1) is 6.92 Å². The van der Waals surface area contributed by atoms with Gasteiger partial charge in [0.1, 0.15) is 5.75 Å². The van der Waals surface area contributed by atoms with E-state index in [1.54, 1.807) is 14.2 Å². The van der Waals surface area contributed by atoms with E-state index in [-0.39, 0.29) is 6.04 Å². The van der Waals surface area contributed by atoms with Crippen molar-refractivity contribution in [2.75, 3.05) is 32.7 Å². The monoisotopic (exact) mass is 330 g/mol. The summed E-state index contributed by atoms with van der Waals surface area (Å²) in [6.45, 7) is 3.40. The SMILES string of the molecule is COCC(CCCN)Nc1c(C)cc(Br)cc1OC. The summed E-state index contributed by atoms with van der Waals surface area (Å²) in [6.07, 6.45) is 1.95. The molecule has 0 saturated carbocycles. The third kappa shape index (κ3) is 5.01. The highest BCUT2D eigenvalue weighted by Gasteiger charge is 2.14. The van der Waals surface area contributed by atoms with Gasteiger partial charge < -0.3 is 20.5 Å². The van der Waals surface area contributed by atoms with Gasteiger partial charge in [0.05, 0.1) is 19.4 Å². The number of aryl methyl sites for hydroxylation is 1. The number of halogens is 1. The predicted octanol–water partition coefficient (Wildman–Crippen LogP) is 2.93. The Morgan fingerprint density at radius 3 is 2.68 bits per heavy atom. The number of benzene rings is 1. The smallest absolute Gasteiger partial charge is 0.143 e. The number of hydrogen-bond donors (Lipinski definition) is 2. The Morgan fingerprint density at radius 2 is 2.11 bits per heavy atom. The first kappa shape index (κ1) is 16.3. The standard InChI is InChI=1S/C14H23BrN2O2/c1-10-7-11(15)8-13(19-3)14(10)17-12(9-18-2)5-4-6-16/h7-8,12,17H,4-6,9,16H2,1-3H3. The second-order valence-corrected chi connectivity index (χ2v) is 5.44. The Morgan fingerprint density at radius 1 is 1.37 bits per heavy atom. The molecule has 0 bridgehead atoms. The van der Waals surface area contributed by atoms with Gasteiger partial charge in [-0.3, -0.25) is 0 Å². The molecule has 0 aliphatic carbocycles. The summed E-state index contributed by atoms with van der Waals surface area (Å²) in [5, 5.41) is 3.50. The number of anilines is 1. The zero-order valence-corrected chi connectivity index (χ0v) is 13.4. The van der Waals surface area contributed by atoms with Crippen molar-refractivity contribution in [1.29, 1.82) is 0 Å². The van der Waals surface area contributed by atoms with E-state index in [2.05, 4.69) is 34.2 Å². The van der Waals surface area contributed by atoms with Crippen molar-refractivity contribution in [3.8, 4) is 5.75 Å². The molecule has 0 aliphatic heterocycles. The largest absolute Gasteiger partial charge is 0.495 e. The van der Waals surface area contributed by atoms with Crippen molar-refractivity contribution in [1.82, 2.24) is 0 Å². The van der Waals surface area contributed by atoms with Crippen LogP contribution in [0.4, 0.5) is 5.69 Å². The van der Waals surface area contributed by atoms with Gasteiger partial charge in [0.15, 0.2) is 0 Å². The van der Waals surface area contributed by atoms with Crippen molar-refractivity contribution in [2.24, 2.45) is 5.73 Å². The van der Waals surface area contributed by atoms with Gasteiger partial charge in [-0.25, -0.2) is 0 Å². The van der Waals surface area contributed by atoms with Crippen LogP contribution in [-0.2, 0) is 4.74 Å². The van der Waals surface area contributed by atoms with Crippen LogP contribution in [0.3, 0.4) is 0 Å². The summed E-state index contributed by atoms with van der Waals surface area (Å²) in [4.78, 5) is 0. The minimum atomic E-state index is 0.238. The summed E-state index contributed by atoms with van der Waals surface area (Å²) in [5.74, 6) is 0.834. The molecule has 4 nitrogen and oxygen atoms in total. The molecule has 108 valence electrons. The molecule has 1 aromatic carbocycles. The highest BCUT2D eigenvalue weighted by Crippen LogP contribution is 2.32. The van der Waals surface area contributed by atoms with Gasteiger partial charge >= 0.3 is 0 Å². The lowest BCUT2D eigenvalue weighted by Crippen LogP contribution is -2.26. The Hall–Kier alpha value is -0.780. The van der Waals surface area contributed by atoms with E-state index >= 15 is 0 Å². The van der Waals surface area contributed by atoms with Gasteiger partial charge in [-0.2, -0.15) is 0 Å². The summed E-state index contributed by atoms with van der Waals surface area (Å²) in [5.41, 5.74) is 7.73. The second kappa shape index (κ2) is 8.40. The highest BCUT2D eigenvalue weighted by atomic mass is 79.9. The molecular weight excluding hydrogens is 308 g/mol. The highest BCUT2D eigenvalue weighted by molar-refractivity contribution is 9.10. The molecular formula is C14H23BrN2O2. The molecule has 5 heteroatoms. The third-order valence-corrected chi connectivity index (χ3v) is 3.41. The van der Waals surface area contributed by atoms with Gasteiger partial charge in [0.2, 0.25) is 0 Å². The van der Waals surface area contributed by atoms with E-state index in [1.807, 2.05) is 6.07 Å². The lowest BCUT2D eigenvalue weighted by atomic mass is 10.1. The molecule has 1 unspecified atom stereocenters. The van der Waals surface area contributed by atoms with Crippen molar-refractivity contribution >= 4 is 21.6 Å². The Balaban J connectivity index is 2.88. The Kier molecular flexibility index (Phi) is 7.20. The first-order valence-corrected chi connectivity index (χ1v) is 7.21. The van der Waals surface area contributed by atoms with Crippen molar-refractivity contribution in [3.63, 3.8) is 0 Å². The first-order valence-electron chi connectivity index (χ1n) is 6.42. The minimum absolute atomic E-state index is 0.238. The molecule has 0 amide bonds. The molecule has 0 spiro atoms. The molecule has 0 saturated heterocycles. The number of ether oxygens (including phenoxy) is 2. The molecule has 0 heterocycles.